The van der Waals surface area contributed by atoms with Gasteiger partial charge in [-0.1, -0.05) is 18.6 Å². The Hall–Kier alpha value is -2.08. The molecule has 3 N–H and O–H groups in total. The lowest BCUT2D eigenvalue weighted by Crippen LogP contribution is -2.45. The summed E-state index contributed by atoms with van der Waals surface area (Å²) in [6.45, 7) is 5.31. The Morgan fingerprint density at radius 2 is 2.08 bits per heavy atom. The molecule has 6 heteroatoms. The number of ether oxygens (including phenoxy) is 1. The number of carbonyl (C=O) groups excluding carboxylic acids is 1. The van der Waals surface area contributed by atoms with Gasteiger partial charge in [0, 0.05) is 38.9 Å². The lowest BCUT2D eigenvalue weighted by atomic mass is 9.85. The van der Waals surface area contributed by atoms with Gasteiger partial charge < -0.3 is 20.7 Å². The number of methoxy groups -OCH3 is 1. The van der Waals surface area contributed by atoms with Crippen molar-refractivity contribution in [2.24, 2.45) is 10.9 Å². The predicted octanol–water partition coefficient (Wildman–Crippen LogP) is 2.52. The summed E-state index contributed by atoms with van der Waals surface area (Å²) in [5.41, 5.74) is 1.67. The van der Waals surface area contributed by atoms with Gasteiger partial charge in [0.05, 0.1) is 5.60 Å². The van der Waals surface area contributed by atoms with Crippen LogP contribution < -0.4 is 16.0 Å². The van der Waals surface area contributed by atoms with Crippen LogP contribution in [0.25, 0.3) is 0 Å². The van der Waals surface area contributed by atoms with Crippen molar-refractivity contribution in [3.8, 4) is 0 Å². The predicted molar refractivity (Wildman–Crippen MR) is 102 cm³/mol. The van der Waals surface area contributed by atoms with Crippen LogP contribution in [0.5, 0.6) is 0 Å². The fourth-order valence-corrected chi connectivity index (χ4v) is 2.45. The van der Waals surface area contributed by atoms with E-state index in [1.165, 1.54) is 0 Å². The van der Waals surface area contributed by atoms with Crippen molar-refractivity contribution in [1.29, 1.82) is 0 Å². The van der Waals surface area contributed by atoms with Crippen LogP contribution in [0.1, 0.15) is 38.7 Å². The normalized spacial score (nSPS) is 15.4. The van der Waals surface area contributed by atoms with E-state index in [1.807, 2.05) is 38.1 Å². The smallest absolute Gasteiger partial charge is 0.227 e. The Bertz CT molecular complexity index is 609. The van der Waals surface area contributed by atoms with Crippen molar-refractivity contribution in [2.75, 3.05) is 26.0 Å². The van der Waals surface area contributed by atoms with Crippen LogP contribution in [-0.2, 0) is 16.1 Å². The Kier molecular flexibility index (Phi) is 6.82. The van der Waals surface area contributed by atoms with Crippen molar-refractivity contribution in [1.82, 2.24) is 10.6 Å². The average Bonchev–Trinajstić information content (AvgIpc) is 2.53. The minimum atomic E-state index is -0.261. The van der Waals surface area contributed by atoms with Gasteiger partial charge in [0.15, 0.2) is 5.96 Å². The van der Waals surface area contributed by atoms with E-state index in [2.05, 4.69) is 20.9 Å². The highest BCUT2D eigenvalue weighted by molar-refractivity contribution is 5.93. The second kappa shape index (κ2) is 8.85. The van der Waals surface area contributed by atoms with E-state index in [9.17, 15) is 4.79 Å². The van der Waals surface area contributed by atoms with Crippen LogP contribution in [0.3, 0.4) is 0 Å². The molecule has 0 aromatic heterocycles. The first-order valence-corrected chi connectivity index (χ1v) is 8.83. The molecule has 0 radical (unpaired) electrons. The summed E-state index contributed by atoms with van der Waals surface area (Å²) >= 11 is 0. The number of guanidine groups is 1. The number of anilines is 1. The van der Waals surface area contributed by atoms with E-state index >= 15 is 0 Å². The molecule has 1 fully saturated rings. The quantitative estimate of drug-likeness (QED) is 0.524. The Labute approximate surface area is 150 Å². The number of hydrogen-bond donors (Lipinski definition) is 3. The third-order valence-electron chi connectivity index (χ3n) is 4.59. The van der Waals surface area contributed by atoms with Gasteiger partial charge in [0.25, 0.3) is 0 Å². The molecule has 1 aromatic rings. The van der Waals surface area contributed by atoms with E-state index in [1.54, 1.807) is 14.2 Å². The summed E-state index contributed by atoms with van der Waals surface area (Å²) in [6.07, 6.45) is 3.17. The summed E-state index contributed by atoms with van der Waals surface area (Å²) in [7, 11) is 3.44. The SMILES string of the molecule is CN=C(NCc1cccc(NC(=O)C2CCC2)c1)NCC(C)(C)OC. The highest BCUT2D eigenvalue weighted by atomic mass is 16.5. The third kappa shape index (κ3) is 6.05. The van der Waals surface area contributed by atoms with Gasteiger partial charge in [-0.05, 0) is 44.4 Å². The summed E-state index contributed by atoms with van der Waals surface area (Å²) < 4.78 is 5.40. The molecule has 0 heterocycles. The zero-order valence-electron chi connectivity index (χ0n) is 15.7. The highest BCUT2D eigenvalue weighted by Gasteiger charge is 2.25. The van der Waals surface area contributed by atoms with Crippen molar-refractivity contribution >= 4 is 17.6 Å². The second-order valence-electron chi connectivity index (χ2n) is 7.06. The maximum atomic E-state index is 12.1. The number of benzene rings is 1. The van der Waals surface area contributed by atoms with Gasteiger partial charge in [-0.2, -0.15) is 0 Å². The monoisotopic (exact) mass is 346 g/mol. The second-order valence-corrected chi connectivity index (χ2v) is 7.06. The molecule has 0 spiro atoms. The molecule has 0 aliphatic heterocycles. The van der Waals surface area contributed by atoms with Crippen LogP contribution in [-0.4, -0.2) is 38.2 Å². The van der Waals surface area contributed by atoms with Crippen LogP contribution in [0.4, 0.5) is 5.69 Å². The van der Waals surface area contributed by atoms with Gasteiger partial charge in [-0.3, -0.25) is 9.79 Å². The maximum absolute atomic E-state index is 12.1. The minimum Gasteiger partial charge on any atom is -0.377 e. The lowest BCUT2D eigenvalue weighted by Gasteiger charge is -2.24. The summed E-state index contributed by atoms with van der Waals surface area (Å²) in [5.74, 6) is 1.04. The van der Waals surface area contributed by atoms with Gasteiger partial charge >= 0.3 is 0 Å². The molecule has 1 saturated carbocycles. The molecule has 0 unspecified atom stereocenters. The number of amides is 1. The number of nitrogens with zero attached hydrogens (tertiary/aromatic N) is 1. The van der Waals surface area contributed by atoms with Crippen LogP contribution in [0.2, 0.25) is 0 Å². The molecule has 1 aliphatic rings. The molecule has 0 saturated heterocycles. The Balaban J connectivity index is 1.85. The molecule has 0 bridgehead atoms. The third-order valence-corrected chi connectivity index (χ3v) is 4.59. The summed E-state index contributed by atoms with van der Waals surface area (Å²) in [5, 5.41) is 9.54. The maximum Gasteiger partial charge on any atom is 0.227 e. The van der Waals surface area contributed by atoms with Gasteiger partial charge in [0.2, 0.25) is 5.91 Å². The summed E-state index contributed by atoms with van der Waals surface area (Å²) in [4.78, 5) is 16.3. The summed E-state index contributed by atoms with van der Waals surface area (Å²) in [6, 6.07) is 7.90. The Morgan fingerprint density at radius 3 is 2.68 bits per heavy atom. The van der Waals surface area contributed by atoms with E-state index in [4.69, 9.17) is 4.74 Å². The number of carbonyl (C=O) groups is 1. The molecule has 1 aliphatic carbocycles. The minimum absolute atomic E-state index is 0.135. The molecular formula is C19H30N4O2. The van der Waals surface area contributed by atoms with E-state index in [-0.39, 0.29) is 17.4 Å². The zero-order valence-corrected chi connectivity index (χ0v) is 15.7. The van der Waals surface area contributed by atoms with E-state index in [0.717, 1.165) is 30.5 Å². The molecule has 138 valence electrons. The first-order valence-electron chi connectivity index (χ1n) is 8.83. The number of nitrogens with one attached hydrogen (secondary N) is 3. The van der Waals surface area contributed by atoms with Crippen molar-refractivity contribution in [3.05, 3.63) is 29.8 Å². The molecule has 1 amide bonds. The molecular weight excluding hydrogens is 316 g/mol. The van der Waals surface area contributed by atoms with Crippen molar-refractivity contribution in [3.63, 3.8) is 0 Å². The molecule has 25 heavy (non-hydrogen) atoms. The zero-order chi connectivity index (χ0) is 18.3. The average molecular weight is 346 g/mol. The first-order chi connectivity index (χ1) is 11.9. The largest absolute Gasteiger partial charge is 0.377 e. The highest BCUT2D eigenvalue weighted by Crippen LogP contribution is 2.27. The topological polar surface area (TPSA) is 74.8 Å². The van der Waals surface area contributed by atoms with Gasteiger partial charge in [-0.15, -0.1) is 0 Å². The van der Waals surface area contributed by atoms with Crippen molar-refractivity contribution in [2.45, 2.75) is 45.3 Å². The Morgan fingerprint density at radius 1 is 1.32 bits per heavy atom. The standard InChI is InChI=1S/C19H30N4O2/c1-19(2,25-4)13-22-18(20-3)21-12-14-7-5-10-16(11-14)23-17(24)15-8-6-9-15/h5,7,10-11,15H,6,8-9,12-13H2,1-4H3,(H,23,24)(H2,20,21,22). The number of aliphatic imine (C=N–C) groups is 1. The van der Waals surface area contributed by atoms with Crippen LogP contribution >= 0.6 is 0 Å². The molecule has 2 rings (SSSR count). The molecule has 0 atom stereocenters. The van der Waals surface area contributed by atoms with Crippen molar-refractivity contribution < 1.29 is 9.53 Å². The molecule has 6 nitrogen and oxygen atoms in total. The fraction of sp³-hybridized carbons (Fsp3) is 0.579. The van der Waals surface area contributed by atoms with E-state index in [0.29, 0.717) is 19.0 Å². The number of hydrogen-bond acceptors (Lipinski definition) is 3. The van der Waals surface area contributed by atoms with Gasteiger partial charge in [-0.25, -0.2) is 0 Å². The fourth-order valence-electron chi connectivity index (χ4n) is 2.45. The lowest BCUT2D eigenvalue weighted by molar-refractivity contribution is -0.122. The van der Waals surface area contributed by atoms with E-state index < -0.39 is 0 Å². The van der Waals surface area contributed by atoms with Crippen LogP contribution in [0, 0.1) is 5.92 Å². The number of rotatable bonds is 7. The first kappa shape index (κ1) is 19.2. The van der Waals surface area contributed by atoms with Gasteiger partial charge in [0.1, 0.15) is 0 Å². The van der Waals surface area contributed by atoms with Crippen LogP contribution in [0.15, 0.2) is 29.3 Å². The molecule has 1 aromatic carbocycles.